The highest BCUT2D eigenvalue weighted by molar-refractivity contribution is 5.96. The summed E-state index contributed by atoms with van der Waals surface area (Å²) >= 11 is 0. The maximum Gasteiger partial charge on any atom is 0.416 e. The fraction of sp³-hybridized carbons (Fsp3) is 0.304. The number of hydrogen-bond acceptors (Lipinski definition) is 4. The predicted molar refractivity (Wildman–Crippen MR) is 115 cm³/mol. The van der Waals surface area contributed by atoms with E-state index in [0.717, 1.165) is 18.6 Å². The summed E-state index contributed by atoms with van der Waals surface area (Å²) in [6.45, 7) is 4.17. The van der Waals surface area contributed by atoms with Gasteiger partial charge >= 0.3 is 6.18 Å². The molecule has 10 heteroatoms. The number of nitrogens with one attached hydrogen (secondary N) is 1. The number of aryl methyl sites for hydroxylation is 1. The first-order valence-corrected chi connectivity index (χ1v) is 10.5. The van der Waals surface area contributed by atoms with E-state index in [1.54, 1.807) is 34.1 Å². The lowest BCUT2D eigenvalue weighted by atomic mass is 9.97. The molecule has 1 unspecified atom stereocenters. The number of fused-ring (bicyclic) bond motifs is 1. The molecule has 7 nitrogen and oxygen atoms in total. The molecule has 1 fully saturated rings. The smallest absolute Gasteiger partial charge is 0.340 e. The second-order valence-corrected chi connectivity index (χ2v) is 8.42. The van der Waals surface area contributed by atoms with Crippen LogP contribution >= 0.6 is 0 Å². The number of imidazole rings is 1. The van der Waals surface area contributed by atoms with Crippen LogP contribution in [0, 0.1) is 6.92 Å². The average molecular weight is 454 g/mol. The molecule has 1 saturated heterocycles. The van der Waals surface area contributed by atoms with Crippen LogP contribution in [0.25, 0.3) is 16.7 Å². The molecule has 1 aliphatic heterocycles. The van der Waals surface area contributed by atoms with Gasteiger partial charge in [0.15, 0.2) is 5.69 Å². The van der Waals surface area contributed by atoms with Crippen molar-refractivity contribution < 1.29 is 18.0 Å². The summed E-state index contributed by atoms with van der Waals surface area (Å²) < 4.78 is 41.0. The fourth-order valence-corrected chi connectivity index (χ4v) is 4.41. The Bertz CT molecular complexity index is 1340. The topological polar surface area (TPSA) is 79.7 Å². The molecule has 1 amide bonds. The van der Waals surface area contributed by atoms with E-state index in [-0.39, 0.29) is 17.1 Å². The highest BCUT2D eigenvalue weighted by Crippen LogP contribution is 2.40. The average Bonchev–Trinajstić information content (AvgIpc) is 3.52. The van der Waals surface area contributed by atoms with Gasteiger partial charge in [0.05, 0.1) is 27.8 Å². The standard InChI is InChI=1S/C23H21F3N6O/c1-14-5-8-18(32-12-4-10-27-32)19(28-14)20(33)31-11-3-9-22(31,2)21-29-16-7-6-15(23(24,25)26)13-17(16)30-21/h4-8,10,12-13H,3,9,11H2,1-2H3,(H,29,30). The fourth-order valence-electron chi connectivity index (χ4n) is 4.41. The molecule has 0 radical (unpaired) electrons. The van der Waals surface area contributed by atoms with E-state index in [1.165, 1.54) is 6.07 Å². The Morgan fingerprint density at radius 1 is 1.18 bits per heavy atom. The van der Waals surface area contributed by atoms with Gasteiger partial charge < -0.3 is 9.88 Å². The third-order valence-electron chi connectivity index (χ3n) is 6.17. The normalized spacial score (nSPS) is 18.9. The molecule has 170 valence electrons. The van der Waals surface area contributed by atoms with Crippen LogP contribution in [0.5, 0.6) is 0 Å². The van der Waals surface area contributed by atoms with Crippen LogP contribution in [0.3, 0.4) is 0 Å². The van der Waals surface area contributed by atoms with E-state index in [1.807, 2.05) is 19.9 Å². The number of carbonyl (C=O) groups excluding carboxylic acids is 1. The zero-order chi connectivity index (χ0) is 23.4. The first kappa shape index (κ1) is 21.2. The van der Waals surface area contributed by atoms with Gasteiger partial charge in [0.2, 0.25) is 0 Å². The van der Waals surface area contributed by atoms with Crippen LogP contribution in [0.2, 0.25) is 0 Å². The number of likely N-dealkylation sites (tertiary alicyclic amines) is 1. The number of benzene rings is 1. The van der Waals surface area contributed by atoms with Gasteiger partial charge in [-0.15, -0.1) is 0 Å². The maximum absolute atomic E-state index is 13.7. The van der Waals surface area contributed by atoms with Gasteiger partial charge in [0, 0.05) is 24.6 Å². The van der Waals surface area contributed by atoms with Crippen molar-refractivity contribution in [3.63, 3.8) is 0 Å². The van der Waals surface area contributed by atoms with E-state index in [9.17, 15) is 18.0 Å². The molecule has 5 rings (SSSR count). The number of H-pyrrole nitrogens is 1. The van der Waals surface area contributed by atoms with Crippen molar-refractivity contribution in [2.45, 2.75) is 38.4 Å². The van der Waals surface area contributed by atoms with Crippen molar-refractivity contribution in [1.82, 2.24) is 29.6 Å². The Kier molecular flexibility index (Phi) is 4.77. The van der Waals surface area contributed by atoms with E-state index in [2.05, 4.69) is 20.1 Å². The number of nitrogens with zero attached hydrogens (tertiary/aromatic N) is 5. The molecule has 1 aromatic carbocycles. The molecular formula is C23H21F3N6O. The predicted octanol–water partition coefficient (Wildman–Crippen LogP) is 4.62. The monoisotopic (exact) mass is 454 g/mol. The third-order valence-corrected chi connectivity index (χ3v) is 6.17. The van der Waals surface area contributed by atoms with Crippen molar-refractivity contribution in [1.29, 1.82) is 0 Å². The molecule has 1 atom stereocenters. The third kappa shape index (κ3) is 3.55. The first-order valence-electron chi connectivity index (χ1n) is 10.5. The minimum Gasteiger partial charge on any atom is -0.340 e. The number of hydrogen-bond donors (Lipinski definition) is 1. The van der Waals surface area contributed by atoms with Crippen molar-refractivity contribution in [3.8, 4) is 5.69 Å². The largest absolute Gasteiger partial charge is 0.416 e. The molecule has 0 bridgehead atoms. The van der Waals surface area contributed by atoms with E-state index >= 15 is 0 Å². The van der Waals surface area contributed by atoms with Gasteiger partial charge in [-0.1, -0.05) is 0 Å². The molecule has 0 spiro atoms. The summed E-state index contributed by atoms with van der Waals surface area (Å²) in [6, 6.07) is 8.79. The van der Waals surface area contributed by atoms with Crippen molar-refractivity contribution in [2.75, 3.05) is 6.54 Å². The second-order valence-electron chi connectivity index (χ2n) is 8.42. The van der Waals surface area contributed by atoms with Crippen LogP contribution in [-0.2, 0) is 11.7 Å². The molecule has 3 aromatic heterocycles. The second kappa shape index (κ2) is 7.43. The molecular weight excluding hydrogens is 433 g/mol. The molecule has 4 aromatic rings. The van der Waals surface area contributed by atoms with Crippen LogP contribution in [0.15, 0.2) is 48.8 Å². The zero-order valence-electron chi connectivity index (χ0n) is 18.0. The van der Waals surface area contributed by atoms with Crippen molar-refractivity contribution >= 4 is 16.9 Å². The molecule has 4 heterocycles. The lowest BCUT2D eigenvalue weighted by molar-refractivity contribution is -0.137. The SMILES string of the molecule is Cc1ccc(-n2cccn2)c(C(=O)N2CCCC2(C)c2nc3ccc(C(F)(F)F)cc3[nH]2)n1. The number of carbonyl (C=O) groups is 1. The number of halogens is 3. The molecule has 1 N–H and O–H groups in total. The number of rotatable bonds is 3. The lowest BCUT2D eigenvalue weighted by Gasteiger charge is -2.33. The summed E-state index contributed by atoms with van der Waals surface area (Å²) in [5.41, 5.74) is 0.657. The van der Waals surface area contributed by atoms with E-state index in [4.69, 9.17) is 0 Å². The van der Waals surface area contributed by atoms with Gasteiger partial charge in [-0.3, -0.25) is 4.79 Å². The van der Waals surface area contributed by atoms with Gasteiger partial charge in [-0.25, -0.2) is 14.6 Å². The van der Waals surface area contributed by atoms with Gasteiger partial charge in [-0.05, 0) is 63.1 Å². The minimum absolute atomic E-state index is 0.266. The Morgan fingerprint density at radius 2 is 2.00 bits per heavy atom. The molecule has 0 saturated carbocycles. The summed E-state index contributed by atoms with van der Waals surface area (Å²) in [6.07, 6.45) is 0.267. The number of alkyl halides is 3. The number of amides is 1. The maximum atomic E-state index is 13.7. The minimum atomic E-state index is -4.45. The lowest BCUT2D eigenvalue weighted by Crippen LogP contribution is -2.44. The number of pyridine rings is 1. The van der Waals surface area contributed by atoms with E-state index < -0.39 is 17.3 Å². The molecule has 1 aliphatic rings. The van der Waals surface area contributed by atoms with Crippen molar-refractivity contribution in [2.24, 2.45) is 0 Å². The first-order chi connectivity index (χ1) is 15.7. The summed E-state index contributed by atoms with van der Waals surface area (Å²) in [7, 11) is 0. The highest BCUT2D eigenvalue weighted by Gasteiger charge is 2.44. The van der Waals surface area contributed by atoms with E-state index in [0.29, 0.717) is 35.7 Å². The summed E-state index contributed by atoms with van der Waals surface area (Å²) in [5.74, 6) is 0.177. The van der Waals surface area contributed by atoms with Crippen molar-refractivity contribution in [3.05, 3.63) is 71.6 Å². The highest BCUT2D eigenvalue weighted by atomic mass is 19.4. The van der Waals surface area contributed by atoms with Crippen LogP contribution in [0.1, 0.15) is 47.3 Å². The number of aromatic nitrogens is 5. The van der Waals surface area contributed by atoms with Gasteiger partial charge in [-0.2, -0.15) is 18.3 Å². The summed E-state index contributed by atoms with van der Waals surface area (Å²) in [5, 5.41) is 4.23. The Balaban J connectivity index is 1.56. The van der Waals surface area contributed by atoms with Gasteiger partial charge in [0.1, 0.15) is 5.82 Å². The summed E-state index contributed by atoms with van der Waals surface area (Å²) in [4.78, 5) is 27.5. The Morgan fingerprint density at radius 3 is 2.73 bits per heavy atom. The molecule has 33 heavy (non-hydrogen) atoms. The number of aromatic amines is 1. The van der Waals surface area contributed by atoms with Gasteiger partial charge in [0.25, 0.3) is 5.91 Å². The van der Waals surface area contributed by atoms with Crippen LogP contribution in [-0.4, -0.2) is 42.1 Å². The zero-order valence-corrected chi connectivity index (χ0v) is 18.0. The quantitative estimate of drug-likeness (QED) is 0.490. The Hall–Kier alpha value is -3.69. The van der Waals surface area contributed by atoms with Crippen LogP contribution < -0.4 is 0 Å². The molecule has 0 aliphatic carbocycles. The Labute approximate surface area is 187 Å². The van der Waals surface area contributed by atoms with Crippen LogP contribution in [0.4, 0.5) is 13.2 Å².